The number of hydrogen-bond acceptors (Lipinski definition) is 3. The quantitative estimate of drug-likeness (QED) is 0.660. The lowest BCUT2D eigenvalue weighted by molar-refractivity contribution is -0.125. The molecule has 0 bridgehead atoms. The van der Waals surface area contributed by atoms with Crippen molar-refractivity contribution < 1.29 is 4.79 Å². The minimum atomic E-state index is -0.125. The van der Waals surface area contributed by atoms with E-state index >= 15 is 0 Å². The average molecular weight is 201 g/mol. The number of nitrogens with one attached hydrogen (secondary N) is 1. The van der Waals surface area contributed by atoms with Crippen LogP contribution in [0.4, 0.5) is 0 Å². The first-order valence-electron chi connectivity index (χ1n) is 5.05. The second-order valence-corrected chi connectivity index (χ2v) is 4.32. The Bertz CT molecular complexity index is 180. The van der Waals surface area contributed by atoms with Gasteiger partial charge in [-0.05, 0) is 27.9 Å². The normalized spacial score (nSPS) is 17.6. The van der Waals surface area contributed by atoms with Crippen molar-refractivity contribution in [3.05, 3.63) is 0 Å². The molecule has 3 unspecified atom stereocenters. The Balaban J connectivity index is 3.93. The summed E-state index contributed by atoms with van der Waals surface area (Å²) in [5, 5.41) is 2.93. The zero-order valence-corrected chi connectivity index (χ0v) is 9.87. The van der Waals surface area contributed by atoms with Gasteiger partial charge in [-0.3, -0.25) is 4.79 Å². The smallest absolute Gasteiger partial charge is 0.224 e. The number of carbonyl (C=O) groups excluding carboxylic acids is 1. The van der Waals surface area contributed by atoms with E-state index in [0.717, 1.165) is 6.54 Å². The molecule has 1 amide bonds. The van der Waals surface area contributed by atoms with Gasteiger partial charge in [0.05, 0.1) is 0 Å². The van der Waals surface area contributed by atoms with Crippen LogP contribution < -0.4 is 11.1 Å². The van der Waals surface area contributed by atoms with Crippen molar-refractivity contribution in [2.45, 2.75) is 32.9 Å². The summed E-state index contributed by atoms with van der Waals surface area (Å²) in [6.07, 6.45) is 0. The van der Waals surface area contributed by atoms with Gasteiger partial charge in [0.25, 0.3) is 0 Å². The Hall–Kier alpha value is -0.610. The highest BCUT2D eigenvalue weighted by atomic mass is 16.1. The summed E-state index contributed by atoms with van der Waals surface area (Å²) in [5.41, 5.74) is 5.64. The van der Waals surface area contributed by atoms with Crippen molar-refractivity contribution in [1.29, 1.82) is 0 Å². The summed E-state index contributed by atoms with van der Waals surface area (Å²) in [6, 6.07) is 0.0697. The highest BCUT2D eigenvalue weighted by molar-refractivity contribution is 5.79. The van der Waals surface area contributed by atoms with Crippen LogP contribution in [0, 0.1) is 5.92 Å². The topological polar surface area (TPSA) is 58.4 Å². The lowest BCUT2D eigenvalue weighted by atomic mass is 10.0. The lowest BCUT2D eigenvalue weighted by Gasteiger charge is -2.21. The Morgan fingerprint density at radius 1 is 1.36 bits per heavy atom. The van der Waals surface area contributed by atoms with Gasteiger partial charge >= 0.3 is 0 Å². The maximum atomic E-state index is 11.6. The zero-order chi connectivity index (χ0) is 11.3. The van der Waals surface area contributed by atoms with Crippen LogP contribution in [-0.2, 0) is 4.79 Å². The number of nitrogens with two attached hydrogens (primary N) is 1. The van der Waals surface area contributed by atoms with Crippen LogP contribution in [0.15, 0.2) is 0 Å². The van der Waals surface area contributed by atoms with Crippen LogP contribution >= 0.6 is 0 Å². The monoisotopic (exact) mass is 201 g/mol. The van der Waals surface area contributed by atoms with Crippen molar-refractivity contribution in [3.8, 4) is 0 Å². The van der Waals surface area contributed by atoms with Gasteiger partial charge in [0.1, 0.15) is 0 Å². The van der Waals surface area contributed by atoms with Gasteiger partial charge in [-0.1, -0.05) is 6.92 Å². The molecule has 0 fully saturated rings. The molecule has 14 heavy (non-hydrogen) atoms. The molecule has 0 saturated heterocycles. The highest BCUT2D eigenvalue weighted by Gasteiger charge is 2.18. The molecule has 0 saturated carbocycles. The van der Waals surface area contributed by atoms with E-state index in [1.54, 1.807) is 0 Å². The van der Waals surface area contributed by atoms with Crippen molar-refractivity contribution in [2.75, 3.05) is 20.6 Å². The highest BCUT2D eigenvalue weighted by Crippen LogP contribution is 2.00. The molecule has 0 aromatic heterocycles. The molecule has 0 aliphatic carbocycles. The van der Waals surface area contributed by atoms with Gasteiger partial charge < -0.3 is 16.0 Å². The van der Waals surface area contributed by atoms with Crippen LogP contribution in [0.2, 0.25) is 0 Å². The van der Waals surface area contributed by atoms with E-state index < -0.39 is 0 Å². The number of nitrogens with zero attached hydrogens (tertiary/aromatic N) is 1. The molecule has 3 N–H and O–H groups in total. The van der Waals surface area contributed by atoms with E-state index in [-0.39, 0.29) is 23.9 Å². The first-order chi connectivity index (χ1) is 6.34. The zero-order valence-electron chi connectivity index (χ0n) is 9.87. The summed E-state index contributed by atoms with van der Waals surface area (Å²) in [5.74, 6) is -0.0889. The van der Waals surface area contributed by atoms with Crippen LogP contribution in [0.1, 0.15) is 20.8 Å². The van der Waals surface area contributed by atoms with E-state index in [4.69, 9.17) is 5.73 Å². The van der Waals surface area contributed by atoms with E-state index in [2.05, 4.69) is 5.32 Å². The van der Waals surface area contributed by atoms with Gasteiger partial charge in [-0.15, -0.1) is 0 Å². The van der Waals surface area contributed by atoms with Crippen molar-refractivity contribution >= 4 is 5.91 Å². The van der Waals surface area contributed by atoms with Crippen molar-refractivity contribution in [1.82, 2.24) is 10.2 Å². The molecule has 0 rings (SSSR count). The van der Waals surface area contributed by atoms with E-state index in [1.807, 2.05) is 39.8 Å². The summed E-state index contributed by atoms with van der Waals surface area (Å²) < 4.78 is 0. The molecule has 0 aliphatic heterocycles. The van der Waals surface area contributed by atoms with Crippen LogP contribution in [0.3, 0.4) is 0 Å². The summed E-state index contributed by atoms with van der Waals surface area (Å²) >= 11 is 0. The summed E-state index contributed by atoms with van der Waals surface area (Å²) in [7, 11) is 3.97. The molecule has 0 radical (unpaired) electrons. The molecular weight excluding hydrogens is 178 g/mol. The standard InChI is InChI=1S/C10H23N3O/c1-7(6-13(4)5)12-10(14)8(2)9(3)11/h7-9H,6,11H2,1-5H3,(H,12,14). The minimum absolute atomic E-state index is 0.0364. The van der Waals surface area contributed by atoms with Gasteiger partial charge in [0.15, 0.2) is 0 Å². The second-order valence-electron chi connectivity index (χ2n) is 4.32. The minimum Gasteiger partial charge on any atom is -0.352 e. The van der Waals surface area contributed by atoms with Gasteiger partial charge in [0.2, 0.25) is 5.91 Å². The third-order valence-corrected chi connectivity index (χ3v) is 2.23. The van der Waals surface area contributed by atoms with Gasteiger partial charge in [-0.25, -0.2) is 0 Å². The molecule has 0 aromatic rings. The fourth-order valence-electron chi connectivity index (χ4n) is 1.21. The maximum absolute atomic E-state index is 11.6. The second kappa shape index (κ2) is 5.98. The first-order valence-corrected chi connectivity index (χ1v) is 5.05. The Labute approximate surface area is 86.8 Å². The molecule has 4 nitrogen and oxygen atoms in total. The molecule has 84 valence electrons. The number of amides is 1. The van der Waals surface area contributed by atoms with Crippen molar-refractivity contribution in [3.63, 3.8) is 0 Å². The molecule has 0 heterocycles. The van der Waals surface area contributed by atoms with E-state index in [0.29, 0.717) is 0 Å². The Kier molecular flexibility index (Phi) is 5.72. The molecule has 0 spiro atoms. The SMILES string of the molecule is CC(CN(C)C)NC(=O)C(C)C(C)N. The number of carbonyl (C=O) groups is 1. The predicted molar refractivity (Wildman–Crippen MR) is 59.0 cm³/mol. The molecular formula is C10H23N3O. The molecule has 0 aliphatic rings. The third kappa shape index (κ3) is 5.19. The fraction of sp³-hybridized carbons (Fsp3) is 0.900. The third-order valence-electron chi connectivity index (χ3n) is 2.23. The fourth-order valence-corrected chi connectivity index (χ4v) is 1.21. The number of likely N-dealkylation sites (N-methyl/N-ethyl adjacent to an activating group) is 1. The Morgan fingerprint density at radius 3 is 2.21 bits per heavy atom. The van der Waals surface area contributed by atoms with Crippen LogP contribution in [0.25, 0.3) is 0 Å². The maximum Gasteiger partial charge on any atom is 0.224 e. The number of rotatable bonds is 5. The number of hydrogen-bond donors (Lipinski definition) is 2. The summed E-state index contributed by atoms with van der Waals surface area (Å²) in [4.78, 5) is 13.6. The van der Waals surface area contributed by atoms with Gasteiger partial charge in [0, 0.05) is 24.5 Å². The largest absolute Gasteiger partial charge is 0.352 e. The molecule has 0 aromatic carbocycles. The molecule has 4 heteroatoms. The predicted octanol–water partition coefficient (Wildman–Crippen LogP) is 0.0360. The summed E-state index contributed by atoms with van der Waals surface area (Å²) in [6.45, 7) is 6.53. The van der Waals surface area contributed by atoms with Crippen molar-refractivity contribution in [2.24, 2.45) is 11.7 Å². The van der Waals surface area contributed by atoms with Gasteiger partial charge in [-0.2, -0.15) is 0 Å². The lowest BCUT2D eigenvalue weighted by Crippen LogP contribution is -2.45. The first kappa shape index (κ1) is 13.4. The van der Waals surface area contributed by atoms with E-state index in [9.17, 15) is 4.79 Å². The molecule has 3 atom stereocenters. The Morgan fingerprint density at radius 2 is 1.86 bits per heavy atom. The van der Waals surface area contributed by atoms with Crippen LogP contribution in [0.5, 0.6) is 0 Å². The van der Waals surface area contributed by atoms with E-state index in [1.165, 1.54) is 0 Å². The average Bonchev–Trinajstić information content (AvgIpc) is 2.00. The van der Waals surface area contributed by atoms with Crippen LogP contribution in [-0.4, -0.2) is 43.5 Å².